The lowest BCUT2D eigenvalue weighted by Crippen LogP contribution is -2.48. The number of hydrogen-bond donors (Lipinski definition) is 2. The molecule has 2 saturated heterocycles. The Hall–Kier alpha value is -1.14. The highest BCUT2D eigenvalue weighted by atomic mass is 35.5. The summed E-state index contributed by atoms with van der Waals surface area (Å²) in [5.74, 6) is 0. The summed E-state index contributed by atoms with van der Waals surface area (Å²) in [6.45, 7) is 3.87. The molecule has 4 aliphatic rings. The second-order valence-electron chi connectivity index (χ2n) is 8.47. The zero-order valence-electron chi connectivity index (χ0n) is 17.0. The van der Waals surface area contributed by atoms with Crippen molar-refractivity contribution in [3.05, 3.63) is 68.7 Å². The van der Waals surface area contributed by atoms with Crippen molar-refractivity contribution < 1.29 is 9.47 Å². The van der Waals surface area contributed by atoms with Crippen molar-refractivity contribution >= 4 is 23.2 Å². The molecule has 0 amide bonds. The Labute approximate surface area is 188 Å². The quantitative estimate of drug-likeness (QED) is 0.705. The summed E-state index contributed by atoms with van der Waals surface area (Å²) in [5.41, 5.74) is 5.35. The van der Waals surface area contributed by atoms with Gasteiger partial charge in [-0.2, -0.15) is 0 Å². The zero-order valence-corrected chi connectivity index (χ0v) is 18.5. The van der Waals surface area contributed by atoms with Crippen LogP contribution in [0.5, 0.6) is 0 Å². The zero-order chi connectivity index (χ0) is 20.5. The molecule has 6 heteroatoms. The monoisotopic (exact) mass is 446 g/mol. The molecule has 2 aromatic carbocycles. The van der Waals surface area contributed by atoms with Crippen LogP contribution in [0.2, 0.25) is 10.0 Å². The van der Waals surface area contributed by atoms with Crippen LogP contribution in [-0.2, 0) is 22.3 Å². The molecular weight excluding hydrogens is 419 g/mol. The highest BCUT2D eigenvalue weighted by Gasteiger charge is 2.33. The number of ether oxygens (including phenoxy) is 2. The van der Waals surface area contributed by atoms with Gasteiger partial charge in [0.2, 0.25) is 0 Å². The fraction of sp³-hybridized carbons (Fsp3) is 0.500. The molecule has 4 atom stereocenters. The summed E-state index contributed by atoms with van der Waals surface area (Å²) in [6.07, 6.45) is 4.87. The lowest BCUT2D eigenvalue weighted by Gasteiger charge is -2.38. The van der Waals surface area contributed by atoms with Gasteiger partial charge in [0.15, 0.2) is 0 Å². The first-order valence-electron chi connectivity index (χ1n) is 11.0. The van der Waals surface area contributed by atoms with Gasteiger partial charge >= 0.3 is 0 Å². The van der Waals surface area contributed by atoms with Crippen LogP contribution in [0, 0.1) is 0 Å². The van der Waals surface area contributed by atoms with E-state index in [0.717, 1.165) is 49.2 Å². The van der Waals surface area contributed by atoms with E-state index in [1.165, 1.54) is 35.1 Å². The van der Waals surface area contributed by atoms with E-state index in [1.54, 1.807) is 0 Å². The molecule has 2 fully saturated rings. The van der Waals surface area contributed by atoms with E-state index in [9.17, 15) is 0 Å². The van der Waals surface area contributed by atoms with Gasteiger partial charge in [0, 0.05) is 22.1 Å². The number of nitrogens with one attached hydrogen (secondary N) is 2. The maximum Gasteiger partial charge on any atom is 0.0981 e. The van der Waals surface area contributed by atoms with Gasteiger partial charge in [-0.1, -0.05) is 35.3 Å². The average molecular weight is 447 g/mol. The van der Waals surface area contributed by atoms with E-state index in [-0.39, 0.29) is 12.2 Å². The molecule has 160 valence electrons. The molecule has 6 rings (SSSR count). The summed E-state index contributed by atoms with van der Waals surface area (Å²) in [4.78, 5) is 0. The van der Waals surface area contributed by atoms with Crippen LogP contribution >= 0.6 is 23.2 Å². The van der Waals surface area contributed by atoms with Crippen molar-refractivity contribution in [2.24, 2.45) is 0 Å². The Morgan fingerprint density at radius 2 is 1.13 bits per heavy atom. The van der Waals surface area contributed by atoms with Crippen LogP contribution in [0.25, 0.3) is 0 Å². The highest BCUT2D eigenvalue weighted by molar-refractivity contribution is 6.30. The topological polar surface area (TPSA) is 42.5 Å². The molecule has 0 aromatic heterocycles. The molecule has 0 spiro atoms. The van der Waals surface area contributed by atoms with E-state index in [2.05, 4.69) is 34.9 Å². The third kappa shape index (κ3) is 4.27. The van der Waals surface area contributed by atoms with Crippen molar-refractivity contribution in [3.63, 3.8) is 0 Å². The second kappa shape index (κ2) is 9.15. The van der Waals surface area contributed by atoms with E-state index < -0.39 is 0 Å². The lowest BCUT2D eigenvalue weighted by atomic mass is 9.89. The molecule has 0 aliphatic carbocycles. The summed E-state index contributed by atoms with van der Waals surface area (Å²) >= 11 is 12.0. The third-order valence-corrected chi connectivity index (χ3v) is 7.09. The van der Waals surface area contributed by atoms with Gasteiger partial charge in [-0.3, -0.25) is 0 Å². The second-order valence-corrected chi connectivity index (χ2v) is 9.34. The SMILES string of the molecule is Clc1ccc2c(c1)CCO[C@@H]2[C@@H]1CCN1.Clc1ccc2c(c1)CCO[C@H]2[C@@H]1CCN1. The normalized spacial score (nSPS) is 29.4. The summed E-state index contributed by atoms with van der Waals surface area (Å²) < 4.78 is 11.7. The Morgan fingerprint density at radius 1 is 0.700 bits per heavy atom. The van der Waals surface area contributed by atoms with E-state index >= 15 is 0 Å². The number of rotatable bonds is 2. The Bertz CT molecular complexity index is 825. The molecule has 2 aromatic rings. The van der Waals surface area contributed by atoms with Gasteiger partial charge in [0.25, 0.3) is 0 Å². The lowest BCUT2D eigenvalue weighted by molar-refractivity contribution is -0.00153. The summed E-state index contributed by atoms with van der Waals surface area (Å²) in [5, 5.41) is 8.48. The smallest absolute Gasteiger partial charge is 0.0981 e. The van der Waals surface area contributed by atoms with Crippen LogP contribution in [-0.4, -0.2) is 38.4 Å². The van der Waals surface area contributed by atoms with E-state index in [1.807, 2.05) is 12.1 Å². The minimum atomic E-state index is 0.236. The minimum Gasteiger partial charge on any atom is -0.372 e. The Balaban J connectivity index is 0.000000128. The van der Waals surface area contributed by atoms with Crippen molar-refractivity contribution in [3.8, 4) is 0 Å². The van der Waals surface area contributed by atoms with Gasteiger partial charge in [-0.05, 0) is 85.3 Å². The molecule has 30 heavy (non-hydrogen) atoms. The van der Waals surface area contributed by atoms with E-state index in [4.69, 9.17) is 32.7 Å². The summed E-state index contributed by atoms with van der Waals surface area (Å²) in [6, 6.07) is 13.3. The molecule has 0 unspecified atom stereocenters. The first kappa shape index (κ1) is 20.7. The van der Waals surface area contributed by atoms with Gasteiger partial charge in [-0.15, -0.1) is 0 Å². The third-order valence-electron chi connectivity index (χ3n) is 6.62. The van der Waals surface area contributed by atoms with Crippen LogP contribution in [0.15, 0.2) is 36.4 Å². The molecule has 4 nitrogen and oxygen atoms in total. The molecule has 0 radical (unpaired) electrons. The predicted octanol–water partition coefficient (Wildman–Crippen LogP) is 4.63. The molecule has 0 bridgehead atoms. The fourth-order valence-electron chi connectivity index (χ4n) is 4.71. The van der Waals surface area contributed by atoms with Crippen LogP contribution in [0.3, 0.4) is 0 Å². The first-order chi connectivity index (χ1) is 14.7. The number of benzene rings is 2. The Morgan fingerprint density at radius 3 is 1.50 bits per heavy atom. The van der Waals surface area contributed by atoms with Gasteiger partial charge < -0.3 is 20.1 Å². The van der Waals surface area contributed by atoms with Gasteiger partial charge in [0.05, 0.1) is 25.4 Å². The van der Waals surface area contributed by atoms with Crippen LogP contribution in [0.1, 0.15) is 47.3 Å². The average Bonchev–Trinajstić information content (AvgIpc) is 2.66. The van der Waals surface area contributed by atoms with Crippen LogP contribution in [0.4, 0.5) is 0 Å². The maximum absolute atomic E-state index is 6.00. The number of halogens is 2. The molecule has 4 aliphatic heterocycles. The first-order valence-corrected chi connectivity index (χ1v) is 11.7. The summed E-state index contributed by atoms with van der Waals surface area (Å²) in [7, 11) is 0. The van der Waals surface area contributed by atoms with Gasteiger partial charge in [-0.25, -0.2) is 0 Å². The predicted molar refractivity (Wildman–Crippen MR) is 121 cm³/mol. The number of fused-ring (bicyclic) bond motifs is 2. The van der Waals surface area contributed by atoms with Crippen molar-refractivity contribution in [1.29, 1.82) is 0 Å². The molecular formula is C24H28Cl2N2O2. The van der Waals surface area contributed by atoms with Crippen LogP contribution < -0.4 is 10.6 Å². The number of hydrogen-bond acceptors (Lipinski definition) is 4. The Kier molecular flexibility index (Phi) is 6.33. The maximum atomic E-state index is 6.00. The van der Waals surface area contributed by atoms with Crippen molar-refractivity contribution in [1.82, 2.24) is 10.6 Å². The van der Waals surface area contributed by atoms with Crippen molar-refractivity contribution in [2.75, 3.05) is 26.3 Å². The molecule has 4 heterocycles. The molecule has 2 N–H and O–H groups in total. The fourth-order valence-corrected chi connectivity index (χ4v) is 5.10. The van der Waals surface area contributed by atoms with Gasteiger partial charge in [0.1, 0.15) is 0 Å². The van der Waals surface area contributed by atoms with E-state index in [0.29, 0.717) is 12.1 Å². The highest BCUT2D eigenvalue weighted by Crippen LogP contribution is 2.35. The largest absolute Gasteiger partial charge is 0.372 e. The molecule has 0 saturated carbocycles. The minimum absolute atomic E-state index is 0.236. The standard InChI is InChI=1S/2C12H14ClNO/c2*13-9-1-2-10-8(7-9)4-6-15-12(10)11-3-5-14-11/h2*1-2,7,11-12,14H,3-6H2/t11-,12+;11-,12-/m00/s1. The van der Waals surface area contributed by atoms with Crippen molar-refractivity contribution in [2.45, 2.75) is 50.0 Å².